The van der Waals surface area contributed by atoms with E-state index in [0.29, 0.717) is 13.2 Å². The first-order valence-electron chi connectivity index (χ1n) is 11.2. The number of nitrogens with one attached hydrogen (secondary N) is 1. The molecule has 2 fully saturated rings. The number of hydrogen-bond donors (Lipinski definition) is 2. The van der Waals surface area contributed by atoms with E-state index in [4.69, 9.17) is 4.74 Å². The van der Waals surface area contributed by atoms with Crippen LogP contribution in [-0.4, -0.2) is 68.5 Å². The van der Waals surface area contributed by atoms with Crippen molar-refractivity contribution in [2.75, 3.05) is 51.3 Å². The van der Waals surface area contributed by atoms with Gasteiger partial charge in [0.2, 0.25) is 0 Å². The van der Waals surface area contributed by atoms with Gasteiger partial charge in [-0.15, -0.1) is 0 Å². The summed E-state index contributed by atoms with van der Waals surface area (Å²) in [5, 5.41) is 13.5. The summed E-state index contributed by atoms with van der Waals surface area (Å²) in [7, 11) is 2.04. The van der Waals surface area contributed by atoms with E-state index in [9.17, 15) is 5.11 Å². The van der Waals surface area contributed by atoms with Crippen molar-refractivity contribution in [2.45, 2.75) is 51.7 Å². The van der Waals surface area contributed by atoms with Crippen molar-refractivity contribution in [3.05, 3.63) is 29.8 Å². The molecule has 1 aromatic carbocycles. The van der Waals surface area contributed by atoms with Gasteiger partial charge in [-0.3, -0.25) is 4.99 Å². The molecule has 162 valence electrons. The van der Waals surface area contributed by atoms with Crippen molar-refractivity contribution in [2.24, 2.45) is 10.9 Å². The fourth-order valence-electron chi connectivity index (χ4n) is 3.68. The smallest absolute Gasteiger partial charge is 0.194 e. The molecule has 1 atom stereocenters. The average molecular weight is 403 g/mol. The van der Waals surface area contributed by atoms with Crippen LogP contribution in [-0.2, 0) is 11.3 Å². The third-order valence-corrected chi connectivity index (χ3v) is 5.59. The van der Waals surface area contributed by atoms with Gasteiger partial charge >= 0.3 is 0 Å². The first-order chi connectivity index (χ1) is 14.2. The van der Waals surface area contributed by atoms with Gasteiger partial charge in [0.05, 0.1) is 19.3 Å². The molecule has 2 N–H and O–H groups in total. The zero-order chi connectivity index (χ0) is 20.5. The summed E-state index contributed by atoms with van der Waals surface area (Å²) in [5.74, 6) is 1.53. The number of rotatable bonds is 10. The van der Waals surface area contributed by atoms with Crippen LogP contribution in [0, 0.1) is 5.92 Å². The van der Waals surface area contributed by atoms with E-state index in [1.54, 1.807) is 0 Å². The topological polar surface area (TPSA) is 60.3 Å². The monoisotopic (exact) mass is 402 g/mol. The molecule has 0 amide bonds. The predicted molar refractivity (Wildman–Crippen MR) is 120 cm³/mol. The minimum atomic E-state index is -0.556. The van der Waals surface area contributed by atoms with Gasteiger partial charge in [-0.1, -0.05) is 12.1 Å². The van der Waals surface area contributed by atoms with Gasteiger partial charge < -0.3 is 25.0 Å². The molecule has 6 nitrogen and oxygen atoms in total. The molecule has 6 heteroatoms. The quantitative estimate of drug-likeness (QED) is 0.466. The van der Waals surface area contributed by atoms with Crippen LogP contribution in [0.5, 0.6) is 0 Å². The SMILES string of the molecule is CCNC(=NCC(O)COCC1CC1)N(C)Cc1ccc(N2CCCCC2)cc1. The molecule has 1 saturated carbocycles. The van der Waals surface area contributed by atoms with Gasteiger partial charge in [0.1, 0.15) is 0 Å². The lowest BCUT2D eigenvalue weighted by Gasteiger charge is -2.29. The van der Waals surface area contributed by atoms with Gasteiger partial charge in [0.15, 0.2) is 5.96 Å². The van der Waals surface area contributed by atoms with Gasteiger partial charge in [0.25, 0.3) is 0 Å². The minimum Gasteiger partial charge on any atom is -0.389 e. The molecule has 0 radical (unpaired) electrons. The Kier molecular flexibility index (Phi) is 8.62. The van der Waals surface area contributed by atoms with Crippen molar-refractivity contribution in [3.8, 4) is 0 Å². The van der Waals surface area contributed by atoms with Crippen LogP contribution in [0.2, 0.25) is 0 Å². The molecule has 3 rings (SSSR count). The normalized spacial score (nSPS) is 18.6. The lowest BCUT2D eigenvalue weighted by Crippen LogP contribution is -2.39. The Balaban J connectivity index is 1.48. The second-order valence-corrected chi connectivity index (χ2v) is 8.40. The van der Waals surface area contributed by atoms with E-state index < -0.39 is 6.10 Å². The number of aliphatic hydroxyl groups excluding tert-OH is 1. The highest BCUT2D eigenvalue weighted by atomic mass is 16.5. The van der Waals surface area contributed by atoms with Crippen molar-refractivity contribution >= 4 is 11.6 Å². The number of aliphatic imine (C=N–C) groups is 1. The van der Waals surface area contributed by atoms with Gasteiger partial charge in [0, 0.05) is 45.5 Å². The first-order valence-corrected chi connectivity index (χ1v) is 11.2. The van der Waals surface area contributed by atoms with E-state index in [2.05, 4.69) is 51.3 Å². The Bertz CT molecular complexity index is 624. The van der Waals surface area contributed by atoms with Crippen LogP contribution >= 0.6 is 0 Å². The van der Waals surface area contributed by atoms with Crippen LogP contribution < -0.4 is 10.2 Å². The summed E-state index contributed by atoms with van der Waals surface area (Å²) in [6.07, 6.45) is 5.92. The van der Waals surface area contributed by atoms with Crippen molar-refractivity contribution < 1.29 is 9.84 Å². The lowest BCUT2D eigenvalue weighted by atomic mass is 10.1. The number of nitrogens with zero attached hydrogens (tertiary/aromatic N) is 3. The van der Waals surface area contributed by atoms with E-state index in [1.807, 2.05) is 7.05 Å². The third-order valence-electron chi connectivity index (χ3n) is 5.59. The molecule has 2 aliphatic rings. The summed E-state index contributed by atoms with van der Waals surface area (Å²) < 4.78 is 5.57. The first kappa shape index (κ1) is 21.9. The molecule has 1 aliphatic heterocycles. The van der Waals surface area contributed by atoms with E-state index in [-0.39, 0.29) is 0 Å². The summed E-state index contributed by atoms with van der Waals surface area (Å²) in [6.45, 7) is 7.46. The summed E-state index contributed by atoms with van der Waals surface area (Å²) in [6, 6.07) is 8.90. The number of benzene rings is 1. The van der Waals surface area contributed by atoms with E-state index in [0.717, 1.165) is 31.6 Å². The second-order valence-electron chi connectivity index (χ2n) is 8.40. The molecule has 29 heavy (non-hydrogen) atoms. The maximum absolute atomic E-state index is 10.1. The Morgan fingerprint density at radius 3 is 2.62 bits per heavy atom. The zero-order valence-corrected chi connectivity index (χ0v) is 18.1. The highest BCUT2D eigenvalue weighted by molar-refractivity contribution is 5.79. The molecule has 1 aliphatic carbocycles. The molecular formula is C23H38N4O2. The average Bonchev–Trinajstić information content (AvgIpc) is 3.56. The molecule has 1 unspecified atom stereocenters. The van der Waals surface area contributed by atoms with Gasteiger partial charge in [-0.2, -0.15) is 0 Å². The standard InChI is InChI=1S/C23H38N4O2/c1-3-24-23(25-15-22(28)18-29-17-20-7-8-20)26(2)16-19-9-11-21(12-10-19)27-13-5-4-6-14-27/h9-12,20,22,28H,3-8,13-18H2,1-2H3,(H,24,25). The molecular weight excluding hydrogens is 364 g/mol. The third kappa shape index (κ3) is 7.52. The predicted octanol–water partition coefficient (Wildman–Crippen LogP) is 2.86. The number of ether oxygens (including phenoxy) is 1. The molecule has 0 aromatic heterocycles. The van der Waals surface area contributed by atoms with Crippen LogP contribution in [0.3, 0.4) is 0 Å². The zero-order valence-electron chi connectivity index (χ0n) is 18.1. The van der Waals surface area contributed by atoms with Crippen molar-refractivity contribution in [1.82, 2.24) is 10.2 Å². The maximum atomic E-state index is 10.1. The lowest BCUT2D eigenvalue weighted by molar-refractivity contribution is 0.0367. The summed E-state index contributed by atoms with van der Waals surface area (Å²) in [4.78, 5) is 9.20. The minimum absolute atomic E-state index is 0.352. The van der Waals surface area contributed by atoms with E-state index in [1.165, 1.54) is 56.4 Å². The fourth-order valence-corrected chi connectivity index (χ4v) is 3.68. The van der Waals surface area contributed by atoms with Crippen LogP contribution in [0.25, 0.3) is 0 Å². The van der Waals surface area contributed by atoms with Gasteiger partial charge in [-0.05, 0) is 62.6 Å². The maximum Gasteiger partial charge on any atom is 0.194 e. The number of anilines is 1. The highest BCUT2D eigenvalue weighted by Gasteiger charge is 2.21. The number of aliphatic hydroxyl groups is 1. The van der Waals surface area contributed by atoms with Gasteiger partial charge in [-0.25, -0.2) is 0 Å². The van der Waals surface area contributed by atoms with Crippen molar-refractivity contribution in [3.63, 3.8) is 0 Å². The van der Waals surface area contributed by atoms with Crippen LogP contribution in [0.1, 0.15) is 44.6 Å². The highest BCUT2D eigenvalue weighted by Crippen LogP contribution is 2.28. The largest absolute Gasteiger partial charge is 0.389 e. The Labute approximate surface area is 175 Å². The molecule has 1 saturated heterocycles. The molecule has 1 aromatic rings. The van der Waals surface area contributed by atoms with Crippen molar-refractivity contribution in [1.29, 1.82) is 0 Å². The number of guanidine groups is 1. The Morgan fingerprint density at radius 2 is 1.97 bits per heavy atom. The van der Waals surface area contributed by atoms with Crippen LogP contribution in [0.15, 0.2) is 29.3 Å². The second kappa shape index (κ2) is 11.4. The summed E-state index contributed by atoms with van der Waals surface area (Å²) in [5.41, 5.74) is 2.58. The summed E-state index contributed by atoms with van der Waals surface area (Å²) >= 11 is 0. The number of piperidine rings is 1. The molecule has 0 spiro atoms. The van der Waals surface area contributed by atoms with E-state index >= 15 is 0 Å². The Hall–Kier alpha value is -1.79. The van der Waals surface area contributed by atoms with Crippen LogP contribution in [0.4, 0.5) is 5.69 Å². The fraction of sp³-hybridized carbons (Fsp3) is 0.696. The number of hydrogen-bond acceptors (Lipinski definition) is 4. The molecule has 1 heterocycles. The molecule has 0 bridgehead atoms. The Morgan fingerprint density at radius 1 is 1.24 bits per heavy atom.